The Morgan fingerprint density at radius 1 is 1.38 bits per heavy atom. The van der Waals surface area contributed by atoms with Gasteiger partial charge in [-0.1, -0.05) is 23.7 Å². The Balaban J connectivity index is 2.56. The number of nitrogens with zero attached hydrogens (tertiary/aromatic N) is 2. The number of aliphatic hydroxyl groups is 1. The standard InChI is InChI=1S/C12H13ClN2O/c1-8-4-3-5-10(6-8)15-12(13)11(7-16)9(2)14-15/h3-6,16H,7H2,1-2H3. The van der Waals surface area contributed by atoms with Crippen LogP contribution >= 0.6 is 11.6 Å². The first-order valence-corrected chi connectivity index (χ1v) is 5.43. The van der Waals surface area contributed by atoms with Crippen LogP contribution in [0.3, 0.4) is 0 Å². The zero-order valence-corrected chi connectivity index (χ0v) is 9.99. The van der Waals surface area contributed by atoms with Crippen LogP contribution < -0.4 is 0 Å². The second kappa shape index (κ2) is 4.28. The number of hydrogen-bond acceptors (Lipinski definition) is 2. The van der Waals surface area contributed by atoms with Crippen LogP contribution in [0.1, 0.15) is 16.8 Å². The first-order chi connectivity index (χ1) is 7.63. The van der Waals surface area contributed by atoms with Crippen molar-refractivity contribution in [3.05, 3.63) is 46.2 Å². The number of hydrogen-bond donors (Lipinski definition) is 1. The van der Waals surface area contributed by atoms with Crippen LogP contribution in [0.15, 0.2) is 24.3 Å². The van der Waals surface area contributed by atoms with Gasteiger partial charge in [-0.3, -0.25) is 0 Å². The molecule has 0 unspecified atom stereocenters. The second-order valence-corrected chi connectivity index (χ2v) is 4.12. The summed E-state index contributed by atoms with van der Waals surface area (Å²) in [5.74, 6) is 0. The van der Waals surface area contributed by atoms with Crippen molar-refractivity contribution < 1.29 is 5.11 Å². The van der Waals surface area contributed by atoms with E-state index < -0.39 is 0 Å². The lowest BCUT2D eigenvalue weighted by Gasteiger charge is -2.04. The first kappa shape index (κ1) is 11.2. The van der Waals surface area contributed by atoms with Gasteiger partial charge in [0.1, 0.15) is 5.15 Å². The normalized spacial score (nSPS) is 10.8. The molecule has 3 nitrogen and oxygen atoms in total. The molecular weight excluding hydrogens is 224 g/mol. The fourth-order valence-electron chi connectivity index (χ4n) is 1.64. The SMILES string of the molecule is Cc1cccc(-n2nc(C)c(CO)c2Cl)c1. The molecule has 2 rings (SSSR count). The Morgan fingerprint density at radius 3 is 2.69 bits per heavy atom. The van der Waals surface area contributed by atoms with Crippen molar-refractivity contribution in [3.63, 3.8) is 0 Å². The molecule has 2 aromatic rings. The molecule has 84 valence electrons. The monoisotopic (exact) mass is 236 g/mol. The minimum atomic E-state index is -0.0868. The summed E-state index contributed by atoms with van der Waals surface area (Å²) < 4.78 is 1.65. The summed E-state index contributed by atoms with van der Waals surface area (Å²) in [5.41, 5.74) is 3.50. The van der Waals surface area contributed by atoms with E-state index in [9.17, 15) is 5.11 Å². The van der Waals surface area contributed by atoms with E-state index in [0.29, 0.717) is 10.7 Å². The molecular formula is C12H13ClN2O. The molecule has 1 heterocycles. The highest BCUT2D eigenvalue weighted by Gasteiger charge is 2.13. The van der Waals surface area contributed by atoms with Crippen molar-refractivity contribution in [2.24, 2.45) is 0 Å². The van der Waals surface area contributed by atoms with Gasteiger partial charge in [-0.2, -0.15) is 5.10 Å². The van der Waals surface area contributed by atoms with Crippen LogP contribution in [0, 0.1) is 13.8 Å². The van der Waals surface area contributed by atoms with Gasteiger partial charge in [-0.25, -0.2) is 4.68 Å². The van der Waals surface area contributed by atoms with Crippen molar-refractivity contribution >= 4 is 11.6 Å². The third-order valence-corrected chi connectivity index (χ3v) is 2.91. The molecule has 0 atom stereocenters. The minimum Gasteiger partial charge on any atom is -0.391 e. The lowest BCUT2D eigenvalue weighted by atomic mass is 10.2. The first-order valence-electron chi connectivity index (χ1n) is 5.05. The quantitative estimate of drug-likeness (QED) is 0.871. The van der Waals surface area contributed by atoms with Crippen molar-refractivity contribution in [2.75, 3.05) is 0 Å². The molecule has 0 aliphatic rings. The minimum absolute atomic E-state index is 0.0868. The zero-order valence-electron chi connectivity index (χ0n) is 9.24. The predicted molar refractivity (Wildman–Crippen MR) is 64.0 cm³/mol. The topological polar surface area (TPSA) is 38.0 Å². The summed E-state index contributed by atoms with van der Waals surface area (Å²) in [7, 11) is 0. The maximum atomic E-state index is 9.18. The summed E-state index contributed by atoms with van der Waals surface area (Å²) in [6.07, 6.45) is 0. The molecule has 0 bridgehead atoms. The molecule has 1 aromatic heterocycles. The summed E-state index contributed by atoms with van der Waals surface area (Å²) >= 11 is 6.16. The number of rotatable bonds is 2. The number of aromatic nitrogens is 2. The number of aryl methyl sites for hydroxylation is 2. The van der Waals surface area contributed by atoms with E-state index in [4.69, 9.17) is 11.6 Å². The zero-order chi connectivity index (χ0) is 11.7. The van der Waals surface area contributed by atoms with Gasteiger partial charge in [0.05, 0.1) is 18.0 Å². The molecule has 1 aromatic carbocycles. The van der Waals surface area contributed by atoms with Crippen LogP contribution in [0.25, 0.3) is 5.69 Å². The molecule has 0 aliphatic carbocycles. The van der Waals surface area contributed by atoms with Gasteiger partial charge in [0.25, 0.3) is 0 Å². The van der Waals surface area contributed by atoms with Gasteiger partial charge in [0.2, 0.25) is 0 Å². The van der Waals surface area contributed by atoms with Gasteiger partial charge < -0.3 is 5.11 Å². The fraction of sp³-hybridized carbons (Fsp3) is 0.250. The Bertz CT molecular complexity index is 520. The lowest BCUT2D eigenvalue weighted by Crippen LogP contribution is -1.97. The van der Waals surface area contributed by atoms with Crippen molar-refractivity contribution in [1.29, 1.82) is 0 Å². The van der Waals surface area contributed by atoms with E-state index in [1.807, 2.05) is 38.1 Å². The van der Waals surface area contributed by atoms with E-state index >= 15 is 0 Å². The van der Waals surface area contributed by atoms with E-state index in [2.05, 4.69) is 5.10 Å². The molecule has 0 saturated heterocycles. The van der Waals surface area contributed by atoms with Crippen LogP contribution in [-0.4, -0.2) is 14.9 Å². The molecule has 0 fully saturated rings. The molecule has 4 heteroatoms. The highest BCUT2D eigenvalue weighted by atomic mass is 35.5. The van der Waals surface area contributed by atoms with Gasteiger partial charge in [0.15, 0.2) is 0 Å². The number of benzene rings is 1. The highest BCUT2D eigenvalue weighted by Crippen LogP contribution is 2.23. The summed E-state index contributed by atoms with van der Waals surface area (Å²) in [6, 6.07) is 7.91. The third-order valence-electron chi connectivity index (χ3n) is 2.53. The number of aliphatic hydroxyl groups excluding tert-OH is 1. The summed E-state index contributed by atoms with van der Waals surface area (Å²) in [6.45, 7) is 3.76. The van der Waals surface area contributed by atoms with E-state index in [0.717, 1.165) is 16.9 Å². The van der Waals surface area contributed by atoms with Crippen LogP contribution in [0.5, 0.6) is 0 Å². The third kappa shape index (κ3) is 1.84. The van der Waals surface area contributed by atoms with E-state index in [-0.39, 0.29) is 6.61 Å². The van der Waals surface area contributed by atoms with Gasteiger partial charge >= 0.3 is 0 Å². The molecule has 0 amide bonds. The lowest BCUT2D eigenvalue weighted by molar-refractivity contribution is 0.281. The molecule has 0 saturated carbocycles. The molecule has 16 heavy (non-hydrogen) atoms. The Labute approximate surface area is 99.3 Å². The van der Waals surface area contributed by atoms with Gasteiger partial charge in [0, 0.05) is 5.56 Å². The average Bonchev–Trinajstić information content (AvgIpc) is 2.54. The van der Waals surface area contributed by atoms with Crippen molar-refractivity contribution in [1.82, 2.24) is 9.78 Å². The smallest absolute Gasteiger partial charge is 0.138 e. The molecule has 0 spiro atoms. The predicted octanol–water partition coefficient (Wildman–Crippen LogP) is 2.63. The number of halogens is 1. The summed E-state index contributed by atoms with van der Waals surface area (Å²) in [4.78, 5) is 0. The van der Waals surface area contributed by atoms with Crippen molar-refractivity contribution in [2.45, 2.75) is 20.5 Å². The molecule has 1 N–H and O–H groups in total. The largest absolute Gasteiger partial charge is 0.391 e. The fourth-order valence-corrected chi connectivity index (χ4v) is 1.97. The Morgan fingerprint density at radius 2 is 2.12 bits per heavy atom. The summed E-state index contributed by atoms with van der Waals surface area (Å²) in [5, 5.41) is 14.0. The maximum absolute atomic E-state index is 9.18. The average molecular weight is 237 g/mol. The van der Waals surface area contributed by atoms with Crippen LogP contribution in [0.4, 0.5) is 0 Å². The Hall–Kier alpha value is -1.32. The van der Waals surface area contributed by atoms with Crippen LogP contribution in [-0.2, 0) is 6.61 Å². The van der Waals surface area contributed by atoms with Crippen molar-refractivity contribution in [3.8, 4) is 5.69 Å². The van der Waals surface area contributed by atoms with Crippen LogP contribution in [0.2, 0.25) is 5.15 Å². The van der Waals surface area contributed by atoms with Gasteiger partial charge in [-0.05, 0) is 31.5 Å². The van der Waals surface area contributed by atoms with E-state index in [1.165, 1.54) is 0 Å². The Kier molecular flexibility index (Phi) is 2.99. The molecule has 0 aliphatic heterocycles. The second-order valence-electron chi connectivity index (χ2n) is 3.76. The van der Waals surface area contributed by atoms with E-state index in [1.54, 1.807) is 4.68 Å². The maximum Gasteiger partial charge on any atom is 0.138 e. The van der Waals surface area contributed by atoms with Gasteiger partial charge in [-0.15, -0.1) is 0 Å². The highest BCUT2D eigenvalue weighted by molar-refractivity contribution is 6.30. The molecule has 0 radical (unpaired) electrons.